The predicted molar refractivity (Wildman–Crippen MR) is 121 cm³/mol. The first-order valence-electron chi connectivity index (χ1n) is 10.9. The number of nitrogens with zero attached hydrogens (tertiary/aromatic N) is 4. The Hall–Kier alpha value is -3.46. The maximum absolute atomic E-state index is 12.7. The minimum Gasteiger partial charge on any atom is -0.362 e. The number of nitro groups is 1. The summed E-state index contributed by atoms with van der Waals surface area (Å²) in [6.45, 7) is 4.65. The lowest BCUT2D eigenvalue weighted by atomic mass is 10.1. The number of hydrogen-bond donors (Lipinski definition) is 1. The molecule has 0 unspecified atom stereocenters. The molecule has 0 bridgehead atoms. The van der Waals surface area contributed by atoms with Crippen molar-refractivity contribution in [3.05, 3.63) is 69.8 Å². The van der Waals surface area contributed by atoms with Gasteiger partial charge in [-0.15, -0.1) is 0 Å². The molecule has 2 amide bonds. The minimum absolute atomic E-state index is 0.0577. The predicted octanol–water partition coefficient (Wildman–Crippen LogP) is 1.53. The van der Waals surface area contributed by atoms with E-state index in [1.54, 1.807) is 21.9 Å². The van der Waals surface area contributed by atoms with Crippen LogP contribution in [-0.4, -0.2) is 78.9 Å². The van der Waals surface area contributed by atoms with Crippen molar-refractivity contribution in [1.29, 1.82) is 0 Å². The normalized spacial score (nSPS) is 16.7. The van der Waals surface area contributed by atoms with Crippen LogP contribution in [0.1, 0.15) is 15.9 Å². The van der Waals surface area contributed by atoms with Gasteiger partial charge in [0, 0.05) is 64.0 Å². The molecule has 9 heteroatoms. The average molecular weight is 438 g/mol. The summed E-state index contributed by atoms with van der Waals surface area (Å²) in [5, 5.41) is 15.0. The van der Waals surface area contributed by atoms with Gasteiger partial charge < -0.3 is 20.0 Å². The van der Waals surface area contributed by atoms with E-state index in [2.05, 4.69) is 5.32 Å². The van der Waals surface area contributed by atoms with Crippen LogP contribution in [0.5, 0.6) is 0 Å². The van der Waals surface area contributed by atoms with Crippen molar-refractivity contribution in [1.82, 2.24) is 15.1 Å². The molecule has 1 N–H and O–H groups in total. The maximum atomic E-state index is 12.7. The topological polar surface area (TPSA) is 99.0 Å². The molecule has 2 aliphatic heterocycles. The Balaban J connectivity index is 1.43. The van der Waals surface area contributed by atoms with E-state index in [4.69, 9.17) is 0 Å². The molecule has 32 heavy (non-hydrogen) atoms. The van der Waals surface area contributed by atoms with Crippen molar-refractivity contribution in [2.75, 3.05) is 57.3 Å². The molecule has 0 aromatic heterocycles. The minimum atomic E-state index is -0.434. The number of piperazine rings is 2. The highest BCUT2D eigenvalue weighted by Gasteiger charge is 2.28. The summed E-state index contributed by atoms with van der Waals surface area (Å²) < 4.78 is 0. The Kier molecular flexibility index (Phi) is 6.65. The van der Waals surface area contributed by atoms with Crippen molar-refractivity contribution in [2.45, 2.75) is 6.42 Å². The van der Waals surface area contributed by atoms with Crippen LogP contribution in [0.25, 0.3) is 0 Å². The number of carbonyl (C=O) groups is 2. The van der Waals surface area contributed by atoms with Gasteiger partial charge in [0.1, 0.15) is 5.69 Å². The Morgan fingerprint density at radius 2 is 1.59 bits per heavy atom. The van der Waals surface area contributed by atoms with E-state index in [1.807, 2.05) is 35.2 Å². The van der Waals surface area contributed by atoms with Crippen molar-refractivity contribution in [3.63, 3.8) is 0 Å². The van der Waals surface area contributed by atoms with E-state index >= 15 is 0 Å². The van der Waals surface area contributed by atoms with Gasteiger partial charge in [0.2, 0.25) is 5.91 Å². The number of anilines is 1. The van der Waals surface area contributed by atoms with Gasteiger partial charge in [0.05, 0.1) is 11.3 Å². The van der Waals surface area contributed by atoms with Crippen LogP contribution in [0.4, 0.5) is 11.4 Å². The highest BCUT2D eigenvalue weighted by Crippen LogP contribution is 2.30. The lowest BCUT2D eigenvalue weighted by molar-refractivity contribution is -0.384. The molecule has 0 atom stereocenters. The number of amides is 2. The first-order chi connectivity index (χ1) is 15.5. The van der Waals surface area contributed by atoms with Crippen LogP contribution in [0, 0.1) is 10.1 Å². The molecule has 0 aliphatic carbocycles. The lowest BCUT2D eigenvalue weighted by Crippen LogP contribution is -2.49. The van der Waals surface area contributed by atoms with Crippen LogP contribution in [0.15, 0.2) is 48.5 Å². The van der Waals surface area contributed by atoms with Crippen LogP contribution >= 0.6 is 0 Å². The number of nitrogens with one attached hydrogen (secondary N) is 1. The van der Waals surface area contributed by atoms with Gasteiger partial charge in [-0.05, 0) is 17.7 Å². The van der Waals surface area contributed by atoms with Crippen LogP contribution in [0.2, 0.25) is 0 Å². The third-order valence-corrected chi connectivity index (χ3v) is 5.99. The standard InChI is InChI=1S/C23H27N5O4/c29-22(16-18-4-2-1-3-5-18)26-14-12-25(13-15-26)20-7-6-19(17-21(20)28(31)32)23(30)27-10-8-24-9-11-27/h1-7,17,24H,8-16H2. The van der Waals surface area contributed by atoms with E-state index in [9.17, 15) is 19.7 Å². The van der Waals surface area contributed by atoms with Crippen molar-refractivity contribution < 1.29 is 14.5 Å². The van der Waals surface area contributed by atoms with Gasteiger partial charge in [-0.3, -0.25) is 19.7 Å². The molecule has 9 nitrogen and oxygen atoms in total. The Labute approximate surface area is 186 Å². The highest BCUT2D eigenvalue weighted by atomic mass is 16.6. The smallest absolute Gasteiger partial charge is 0.293 e. The zero-order chi connectivity index (χ0) is 22.5. The molecular formula is C23H27N5O4. The van der Waals surface area contributed by atoms with Crippen molar-refractivity contribution in [3.8, 4) is 0 Å². The quantitative estimate of drug-likeness (QED) is 0.563. The maximum Gasteiger partial charge on any atom is 0.293 e. The van der Waals surface area contributed by atoms with Gasteiger partial charge >= 0.3 is 0 Å². The second kappa shape index (κ2) is 9.78. The van der Waals surface area contributed by atoms with E-state index < -0.39 is 4.92 Å². The average Bonchev–Trinajstić information content (AvgIpc) is 2.84. The molecule has 2 aliphatic rings. The van der Waals surface area contributed by atoms with Gasteiger partial charge in [-0.2, -0.15) is 0 Å². The highest BCUT2D eigenvalue weighted by molar-refractivity contribution is 5.96. The lowest BCUT2D eigenvalue weighted by Gasteiger charge is -2.36. The van der Waals surface area contributed by atoms with E-state index in [-0.39, 0.29) is 17.5 Å². The molecule has 0 spiro atoms. The number of rotatable bonds is 5. The number of benzene rings is 2. The molecule has 2 heterocycles. The zero-order valence-corrected chi connectivity index (χ0v) is 17.9. The van der Waals surface area contributed by atoms with E-state index in [0.717, 1.165) is 18.7 Å². The summed E-state index contributed by atoms with van der Waals surface area (Å²) in [4.78, 5) is 42.1. The summed E-state index contributed by atoms with van der Waals surface area (Å²) in [6, 6.07) is 14.3. The van der Waals surface area contributed by atoms with E-state index in [1.165, 1.54) is 6.07 Å². The monoisotopic (exact) mass is 437 g/mol. The third-order valence-electron chi connectivity index (χ3n) is 5.99. The van der Waals surface area contributed by atoms with Crippen LogP contribution in [0.3, 0.4) is 0 Å². The summed E-state index contributed by atoms with van der Waals surface area (Å²) >= 11 is 0. The van der Waals surface area contributed by atoms with Crippen LogP contribution < -0.4 is 10.2 Å². The van der Waals surface area contributed by atoms with E-state index in [0.29, 0.717) is 56.9 Å². The molecule has 2 fully saturated rings. The number of nitro benzene ring substituents is 1. The molecule has 4 rings (SSSR count). The Bertz CT molecular complexity index is 983. The second-order valence-corrected chi connectivity index (χ2v) is 8.03. The van der Waals surface area contributed by atoms with Crippen molar-refractivity contribution >= 4 is 23.2 Å². The van der Waals surface area contributed by atoms with Gasteiger partial charge in [-0.25, -0.2) is 0 Å². The number of carbonyl (C=O) groups excluding carboxylic acids is 2. The number of hydrogen-bond acceptors (Lipinski definition) is 6. The second-order valence-electron chi connectivity index (χ2n) is 8.03. The molecule has 2 aromatic carbocycles. The summed E-state index contributed by atoms with van der Waals surface area (Å²) in [7, 11) is 0. The summed E-state index contributed by atoms with van der Waals surface area (Å²) in [5.74, 6) is -0.125. The van der Waals surface area contributed by atoms with Gasteiger partial charge in [0.15, 0.2) is 0 Å². The fourth-order valence-corrected chi connectivity index (χ4v) is 4.20. The Morgan fingerprint density at radius 1 is 0.906 bits per heavy atom. The largest absolute Gasteiger partial charge is 0.362 e. The van der Waals surface area contributed by atoms with Crippen molar-refractivity contribution in [2.24, 2.45) is 0 Å². The molecule has 2 saturated heterocycles. The fraction of sp³-hybridized carbons (Fsp3) is 0.391. The van der Waals surface area contributed by atoms with Crippen LogP contribution in [-0.2, 0) is 11.2 Å². The van der Waals surface area contributed by atoms with Gasteiger partial charge in [0.25, 0.3) is 11.6 Å². The summed E-state index contributed by atoms with van der Waals surface area (Å²) in [5.41, 5.74) is 1.72. The molecule has 168 valence electrons. The molecule has 2 aromatic rings. The first-order valence-corrected chi connectivity index (χ1v) is 10.9. The zero-order valence-electron chi connectivity index (χ0n) is 17.9. The summed E-state index contributed by atoms with van der Waals surface area (Å²) in [6.07, 6.45) is 0.351. The van der Waals surface area contributed by atoms with Gasteiger partial charge in [-0.1, -0.05) is 30.3 Å². The molecule has 0 saturated carbocycles. The third kappa shape index (κ3) is 4.88. The fourth-order valence-electron chi connectivity index (χ4n) is 4.20. The SMILES string of the molecule is O=C(Cc1ccccc1)N1CCN(c2ccc(C(=O)N3CCNCC3)cc2[N+](=O)[O-])CC1. The first kappa shape index (κ1) is 21.8. The Morgan fingerprint density at radius 3 is 2.25 bits per heavy atom. The molecular weight excluding hydrogens is 410 g/mol. The molecule has 0 radical (unpaired) electrons.